The Kier molecular flexibility index (Phi) is 10.1. The molecule has 0 aliphatic carbocycles. The van der Waals surface area contributed by atoms with Gasteiger partial charge in [0.15, 0.2) is 5.69 Å². The summed E-state index contributed by atoms with van der Waals surface area (Å²) in [5, 5.41) is 13.0. The van der Waals surface area contributed by atoms with E-state index in [4.69, 9.17) is 4.74 Å². The van der Waals surface area contributed by atoms with Crippen molar-refractivity contribution in [2.75, 3.05) is 40.9 Å². The Hall–Kier alpha value is -3.80. The van der Waals surface area contributed by atoms with E-state index in [1.54, 1.807) is 6.92 Å². The van der Waals surface area contributed by atoms with E-state index >= 15 is 0 Å². The maximum atomic E-state index is 13.0. The zero-order valence-corrected chi connectivity index (χ0v) is 21.1. The predicted octanol–water partition coefficient (Wildman–Crippen LogP) is 0.841. The van der Waals surface area contributed by atoms with Crippen LogP contribution in [0.3, 0.4) is 0 Å². The molecule has 3 amide bonds. The van der Waals surface area contributed by atoms with Gasteiger partial charge >= 0.3 is 11.8 Å². The lowest BCUT2D eigenvalue weighted by atomic mass is 10.2. The molecule has 36 heavy (non-hydrogen) atoms. The molecule has 1 aromatic heterocycles. The summed E-state index contributed by atoms with van der Waals surface area (Å²) in [5.74, 6) is -3.03. The topological polar surface area (TPSA) is 134 Å². The quantitative estimate of drug-likeness (QED) is 0.361. The van der Waals surface area contributed by atoms with Crippen molar-refractivity contribution in [2.24, 2.45) is 0 Å². The number of ether oxygens (including phenoxy) is 1. The molecular formula is C24H32FN5O6. The highest BCUT2D eigenvalue weighted by atomic mass is 19.1. The number of halogens is 1. The third kappa shape index (κ3) is 7.11. The first-order valence-electron chi connectivity index (χ1n) is 11.4. The second kappa shape index (κ2) is 12.8. The number of amides is 3. The van der Waals surface area contributed by atoms with Gasteiger partial charge in [-0.05, 0) is 31.0 Å². The average Bonchev–Trinajstić information content (AvgIpc) is 2.85. The first-order chi connectivity index (χ1) is 17.0. The maximum Gasteiger partial charge on any atom is 0.311 e. The number of likely N-dealkylation sites (N-methyl/N-ethyl adjacent to an activating group) is 2. The smallest absolute Gasteiger partial charge is 0.311 e. The summed E-state index contributed by atoms with van der Waals surface area (Å²) < 4.78 is 19.9. The Morgan fingerprint density at radius 3 is 2.39 bits per heavy atom. The van der Waals surface area contributed by atoms with Gasteiger partial charge in [0.25, 0.3) is 11.5 Å². The number of nitrogens with one attached hydrogen (secondary N) is 1. The van der Waals surface area contributed by atoms with E-state index < -0.39 is 46.6 Å². The first kappa shape index (κ1) is 28.4. The number of nitrogens with zero attached hydrogens (tertiary/aromatic N) is 4. The monoisotopic (exact) mass is 505 g/mol. The molecule has 11 nitrogen and oxygen atoms in total. The van der Waals surface area contributed by atoms with Crippen LogP contribution in [0.4, 0.5) is 4.39 Å². The van der Waals surface area contributed by atoms with E-state index in [9.17, 15) is 28.7 Å². The van der Waals surface area contributed by atoms with E-state index in [2.05, 4.69) is 10.3 Å². The molecule has 0 saturated carbocycles. The molecule has 1 aromatic carbocycles. The lowest BCUT2D eigenvalue weighted by Crippen LogP contribution is -2.41. The molecule has 1 heterocycles. The summed E-state index contributed by atoms with van der Waals surface area (Å²) in [5.41, 5.74) is -0.554. The van der Waals surface area contributed by atoms with Crippen LogP contribution in [0.25, 0.3) is 0 Å². The molecule has 0 fully saturated rings. The molecule has 12 heteroatoms. The van der Waals surface area contributed by atoms with Crippen LogP contribution < -0.4 is 10.9 Å². The van der Waals surface area contributed by atoms with Crippen molar-refractivity contribution in [2.45, 2.75) is 32.9 Å². The van der Waals surface area contributed by atoms with Crippen molar-refractivity contribution < 1.29 is 28.6 Å². The Morgan fingerprint density at radius 1 is 1.17 bits per heavy atom. The average molecular weight is 506 g/mol. The lowest BCUT2D eigenvalue weighted by molar-refractivity contribution is -0.149. The molecule has 0 saturated heterocycles. The number of aromatic hydroxyl groups is 1. The first-order valence-corrected chi connectivity index (χ1v) is 11.4. The van der Waals surface area contributed by atoms with Crippen molar-refractivity contribution in [3.63, 3.8) is 0 Å². The van der Waals surface area contributed by atoms with E-state index in [-0.39, 0.29) is 32.1 Å². The van der Waals surface area contributed by atoms with Gasteiger partial charge in [-0.1, -0.05) is 19.1 Å². The van der Waals surface area contributed by atoms with Gasteiger partial charge in [0.05, 0.1) is 19.3 Å². The Labute approximate surface area is 208 Å². The van der Waals surface area contributed by atoms with Gasteiger partial charge < -0.3 is 25.0 Å². The largest absolute Gasteiger partial charge is 0.501 e. The van der Waals surface area contributed by atoms with Crippen molar-refractivity contribution in [3.8, 4) is 5.75 Å². The molecule has 0 bridgehead atoms. The number of rotatable bonds is 10. The zero-order chi connectivity index (χ0) is 27.0. The highest BCUT2D eigenvalue weighted by Gasteiger charge is 2.24. The highest BCUT2D eigenvalue weighted by molar-refractivity contribution is 6.34. The normalized spacial score (nSPS) is 11.6. The molecule has 0 aliphatic rings. The number of hydrogen-bond donors (Lipinski definition) is 2. The molecule has 196 valence electrons. The summed E-state index contributed by atoms with van der Waals surface area (Å²) in [7, 11) is 4.46. The molecular weight excluding hydrogens is 473 g/mol. The molecule has 2 rings (SSSR count). The lowest BCUT2D eigenvalue weighted by Gasteiger charge is -2.22. The Balaban J connectivity index is 2.04. The van der Waals surface area contributed by atoms with Crippen LogP contribution in [0, 0.1) is 12.7 Å². The standard InChI is InChI=1S/C24H32FN5O6/c1-6-18(14-36-12-11-29(5)24(35)23(34)28(3)4)30-15(2)27-19(20(31)22(30)33)21(32)26-13-16-7-9-17(25)10-8-16/h7-10,18,31H,6,11-14H2,1-5H3,(H,26,32)/t18-/m0/s1. The van der Waals surface area contributed by atoms with Crippen LogP contribution in [0.1, 0.15) is 41.3 Å². The Morgan fingerprint density at radius 2 is 1.81 bits per heavy atom. The van der Waals surface area contributed by atoms with Crippen molar-refractivity contribution in [1.82, 2.24) is 24.7 Å². The third-order valence-corrected chi connectivity index (χ3v) is 5.50. The fraction of sp³-hybridized carbons (Fsp3) is 0.458. The second-order valence-electron chi connectivity index (χ2n) is 8.40. The molecule has 2 N–H and O–H groups in total. The van der Waals surface area contributed by atoms with Gasteiger partial charge in [0, 0.05) is 34.2 Å². The highest BCUT2D eigenvalue weighted by Crippen LogP contribution is 2.17. The summed E-state index contributed by atoms with van der Waals surface area (Å²) in [6, 6.07) is 5.04. The van der Waals surface area contributed by atoms with Crippen LogP contribution in [0.15, 0.2) is 29.1 Å². The van der Waals surface area contributed by atoms with E-state index in [0.29, 0.717) is 12.0 Å². The molecule has 0 spiro atoms. The molecule has 1 atom stereocenters. The van der Waals surface area contributed by atoms with Gasteiger partial charge in [0.1, 0.15) is 11.6 Å². The Bertz CT molecular complexity index is 1150. The van der Waals surface area contributed by atoms with E-state index in [1.165, 1.54) is 59.8 Å². The number of aryl methyl sites for hydroxylation is 1. The van der Waals surface area contributed by atoms with Crippen LogP contribution in [0.5, 0.6) is 5.75 Å². The minimum Gasteiger partial charge on any atom is -0.501 e. The molecule has 2 aromatic rings. The fourth-order valence-electron chi connectivity index (χ4n) is 3.34. The zero-order valence-electron chi connectivity index (χ0n) is 21.1. The summed E-state index contributed by atoms with van der Waals surface area (Å²) >= 11 is 0. The van der Waals surface area contributed by atoms with E-state index in [0.717, 1.165) is 0 Å². The number of hydrogen-bond acceptors (Lipinski definition) is 7. The van der Waals surface area contributed by atoms with Crippen LogP contribution in [0.2, 0.25) is 0 Å². The summed E-state index contributed by atoms with van der Waals surface area (Å²) in [6.07, 6.45) is 0.464. The van der Waals surface area contributed by atoms with E-state index in [1.807, 2.05) is 6.92 Å². The van der Waals surface area contributed by atoms with Crippen LogP contribution in [-0.2, 0) is 20.9 Å². The summed E-state index contributed by atoms with van der Waals surface area (Å²) in [6.45, 7) is 3.80. The number of benzene rings is 1. The fourth-order valence-corrected chi connectivity index (χ4v) is 3.34. The second-order valence-corrected chi connectivity index (χ2v) is 8.40. The SMILES string of the molecule is CC[C@@H](COCCN(C)C(=O)C(=O)N(C)C)n1c(C)nc(C(=O)NCc2ccc(F)cc2)c(O)c1=O. The van der Waals surface area contributed by atoms with Crippen molar-refractivity contribution in [1.29, 1.82) is 0 Å². The van der Waals surface area contributed by atoms with Crippen molar-refractivity contribution in [3.05, 3.63) is 57.5 Å². The molecule has 0 aliphatic heterocycles. The van der Waals surface area contributed by atoms with Crippen LogP contribution >= 0.6 is 0 Å². The van der Waals surface area contributed by atoms with Gasteiger partial charge in [-0.15, -0.1) is 0 Å². The van der Waals surface area contributed by atoms with Gasteiger partial charge in [0.2, 0.25) is 5.75 Å². The molecule has 0 unspecified atom stereocenters. The summed E-state index contributed by atoms with van der Waals surface area (Å²) in [4.78, 5) is 55.7. The van der Waals surface area contributed by atoms with Gasteiger partial charge in [-0.25, -0.2) is 9.37 Å². The molecule has 0 radical (unpaired) electrons. The van der Waals surface area contributed by atoms with Gasteiger partial charge in [-0.2, -0.15) is 0 Å². The minimum absolute atomic E-state index is 0.0604. The number of carbonyl (C=O) groups excluding carboxylic acids is 3. The van der Waals surface area contributed by atoms with Gasteiger partial charge in [-0.3, -0.25) is 23.7 Å². The number of carbonyl (C=O) groups is 3. The van der Waals surface area contributed by atoms with Crippen molar-refractivity contribution >= 4 is 17.7 Å². The maximum absolute atomic E-state index is 13.0. The predicted molar refractivity (Wildman–Crippen MR) is 129 cm³/mol. The minimum atomic E-state index is -0.789. The third-order valence-electron chi connectivity index (χ3n) is 5.50. The van der Waals surface area contributed by atoms with Crippen LogP contribution in [-0.4, -0.2) is 83.1 Å². The number of aromatic nitrogens is 2.